The third-order valence-corrected chi connectivity index (χ3v) is 7.20. The summed E-state index contributed by atoms with van der Waals surface area (Å²) in [6, 6.07) is 13.9. The van der Waals surface area contributed by atoms with Crippen LogP contribution in [-0.2, 0) is 30.8 Å². The Balaban J connectivity index is 1.55. The van der Waals surface area contributed by atoms with Gasteiger partial charge in [-0.1, -0.05) is 30.7 Å². The van der Waals surface area contributed by atoms with E-state index < -0.39 is 10.0 Å². The maximum absolute atomic E-state index is 12.6. The Bertz CT molecular complexity index is 1120. The van der Waals surface area contributed by atoms with Gasteiger partial charge in [0.2, 0.25) is 0 Å². The number of nitrogens with zero attached hydrogens (tertiary/aromatic N) is 2. The summed E-state index contributed by atoms with van der Waals surface area (Å²) in [7, 11) is -2.34. The zero-order chi connectivity index (χ0) is 24.9. The second-order valence-corrected chi connectivity index (χ2v) is 10.2. The molecule has 1 heterocycles. The summed E-state index contributed by atoms with van der Waals surface area (Å²) < 4.78 is 43.1. The quantitative estimate of drug-likeness (QED) is 0.313. The van der Waals surface area contributed by atoms with Crippen LogP contribution in [-0.4, -0.2) is 73.1 Å². The van der Waals surface area contributed by atoms with Crippen LogP contribution >= 0.6 is 0 Å². The minimum atomic E-state index is -3.94. The van der Waals surface area contributed by atoms with Crippen LogP contribution in [0.1, 0.15) is 30.4 Å². The van der Waals surface area contributed by atoms with Gasteiger partial charge in [0, 0.05) is 20.2 Å². The summed E-state index contributed by atoms with van der Waals surface area (Å²) in [5.41, 5.74) is 1.93. The number of rotatable bonds is 14. The number of fused-ring (bicyclic) bond motifs is 1. The number of methoxy groups -OCH3 is 1. The number of allylic oxidation sites excluding steroid dienone is 1. The van der Waals surface area contributed by atoms with E-state index in [1.165, 1.54) is 30.9 Å². The molecule has 2 aromatic carbocycles. The lowest BCUT2D eigenvalue weighted by Gasteiger charge is -2.26. The van der Waals surface area contributed by atoms with E-state index in [9.17, 15) is 13.7 Å². The van der Waals surface area contributed by atoms with Gasteiger partial charge in [-0.05, 0) is 66.0 Å². The zero-order valence-corrected chi connectivity index (χ0v) is 21.2. The molecule has 1 fully saturated rings. The molecule has 1 aliphatic rings. The monoisotopic (exact) mass is 501 g/mol. The van der Waals surface area contributed by atoms with E-state index in [4.69, 9.17) is 14.2 Å². The highest BCUT2D eigenvalue weighted by Gasteiger charge is 2.17. The summed E-state index contributed by atoms with van der Waals surface area (Å²) in [6.45, 7) is 5.25. The van der Waals surface area contributed by atoms with E-state index in [1.54, 1.807) is 13.2 Å². The molecule has 0 radical (unpaired) electrons. The topological polar surface area (TPSA) is 101 Å². The highest BCUT2D eigenvalue weighted by atomic mass is 32.2. The number of sulfonamides is 1. The van der Waals surface area contributed by atoms with Gasteiger partial charge in [0.1, 0.15) is 6.07 Å². The molecule has 3 rings (SSSR count). The first-order chi connectivity index (χ1) is 17.0. The van der Waals surface area contributed by atoms with Crippen molar-refractivity contribution >= 4 is 26.9 Å². The summed E-state index contributed by atoms with van der Waals surface area (Å²) in [6.07, 6.45) is 5.24. The van der Waals surface area contributed by atoms with Crippen LogP contribution in [0.3, 0.4) is 0 Å². The van der Waals surface area contributed by atoms with Crippen LogP contribution in [0, 0.1) is 11.3 Å². The lowest BCUT2D eigenvalue weighted by Crippen LogP contribution is -2.29. The third kappa shape index (κ3) is 9.00. The molecule has 8 nitrogen and oxygen atoms in total. The largest absolute Gasteiger partial charge is 0.382 e. The molecule has 0 saturated carbocycles. The number of benzene rings is 2. The Morgan fingerprint density at radius 1 is 1.00 bits per heavy atom. The van der Waals surface area contributed by atoms with Crippen LogP contribution in [0.4, 0.5) is 0 Å². The van der Waals surface area contributed by atoms with Crippen molar-refractivity contribution in [3.8, 4) is 6.07 Å². The Morgan fingerprint density at radius 3 is 2.43 bits per heavy atom. The molecular formula is C26H35N3O5S. The number of piperidine rings is 1. The number of nitrogens with one attached hydrogen (secondary N) is 1. The molecule has 0 bridgehead atoms. The lowest BCUT2D eigenvalue weighted by molar-refractivity contribution is 0.0263. The van der Waals surface area contributed by atoms with E-state index in [-0.39, 0.29) is 18.1 Å². The number of hydrogen-bond acceptors (Lipinski definition) is 7. The SMILES string of the molecule is COCCOCCOCCNS(=O)(=O)/C(C#N)=C/c1ccc2cc(CN3CCCCC3)ccc2c1. The van der Waals surface area contributed by atoms with Crippen molar-refractivity contribution in [2.75, 3.05) is 59.8 Å². The average molecular weight is 502 g/mol. The molecule has 190 valence electrons. The van der Waals surface area contributed by atoms with Crippen molar-refractivity contribution in [3.63, 3.8) is 0 Å². The average Bonchev–Trinajstić information content (AvgIpc) is 2.86. The van der Waals surface area contributed by atoms with Crippen LogP contribution in [0.5, 0.6) is 0 Å². The van der Waals surface area contributed by atoms with Gasteiger partial charge in [-0.25, -0.2) is 13.1 Å². The van der Waals surface area contributed by atoms with Crippen LogP contribution < -0.4 is 4.72 Å². The fourth-order valence-electron chi connectivity index (χ4n) is 3.99. The molecule has 1 saturated heterocycles. The molecule has 0 amide bonds. The molecular weight excluding hydrogens is 466 g/mol. The Labute approximate surface area is 208 Å². The summed E-state index contributed by atoms with van der Waals surface area (Å²) in [5, 5.41) is 11.6. The minimum absolute atomic E-state index is 0.0664. The van der Waals surface area contributed by atoms with E-state index in [0.717, 1.165) is 30.4 Å². The van der Waals surface area contributed by atoms with Crippen molar-refractivity contribution in [2.24, 2.45) is 0 Å². The Morgan fingerprint density at radius 2 is 1.69 bits per heavy atom. The van der Waals surface area contributed by atoms with Gasteiger partial charge in [0.25, 0.3) is 10.0 Å². The molecule has 0 aromatic heterocycles. The zero-order valence-electron chi connectivity index (χ0n) is 20.4. The van der Waals surface area contributed by atoms with E-state index >= 15 is 0 Å². The van der Waals surface area contributed by atoms with Crippen molar-refractivity contribution in [1.29, 1.82) is 5.26 Å². The Hall–Kier alpha value is -2.32. The molecule has 9 heteroatoms. The van der Waals surface area contributed by atoms with E-state index in [0.29, 0.717) is 32.0 Å². The van der Waals surface area contributed by atoms with Gasteiger partial charge < -0.3 is 14.2 Å². The maximum Gasteiger partial charge on any atom is 0.250 e. The van der Waals surface area contributed by atoms with Gasteiger partial charge in [-0.15, -0.1) is 0 Å². The highest BCUT2D eigenvalue weighted by Crippen LogP contribution is 2.22. The first kappa shape index (κ1) is 27.3. The minimum Gasteiger partial charge on any atom is -0.382 e. The normalized spacial score (nSPS) is 15.4. The highest BCUT2D eigenvalue weighted by molar-refractivity contribution is 7.93. The van der Waals surface area contributed by atoms with Gasteiger partial charge >= 0.3 is 0 Å². The van der Waals surface area contributed by atoms with Gasteiger partial charge in [0.15, 0.2) is 4.91 Å². The molecule has 0 spiro atoms. The molecule has 0 unspecified atom stereocenters. The summed E-state index contributed by atoms with van der Waals surface area (Å²) in [5.74, 6) is 0. The van der Waals surface area contributed by atoms with E-state index in [1.807, 2.05) is 18.2 Å². The first-order valence-corrected chi connectivity index (χ1v) is 13.5. The fourth-order valence-corrected chi connectivity index (χ4v) is 4.91. The van der Waals surface area contributed by atoms with Crippen molar-refractivity contribution in [2.45, 2.75) is 25.8 Å². The maximum atomic E-state index is 12.6. The van der Waals surface area contributed by atoms with Crippen molar-refractivity contribution in [3.05, 3.63) is 52.4 Å². The fraction of sp³-hybridized carbons (Fsp3) is 0.500. The standard InChI is InChI=1S/C26H35N3O5S/c1-32-13-14-34-16-15-33-12-9-28-35(30,31)26(20-27)19-22-5-7-25-18-23(6-8-24(25)17-22)21-29-10-3-2-4-11-29/h5-8,17-19,28H,2-4,9-16,21H2,1H3/b26-19+. The number of hydrogen-bond donors (Lipinski definition) is 1. The first-order valence-electron chi connectivity index (χ1n) is 12.0. The second kappa shape index (κ2) is 14.3. The molecule has 0 aliphatic carbocycles. The number of ether oxygens (including phenoxy) is 3. The van der Waals surface area contributed by atoms with Gasteiger partial charge in [-0.2, -0.15) is 5.26 Å². The van der Waals surface area contributed by atoms with Gasteiger partial charge in [0.05, 0.1) is 33.0 Å². The molecule has 2 aromatic rings. The molecule has 35 heavy (non-hydrogen) atoms. The van der Waals surface area contributed by atoms with Crippen LogP contribution in [0.2, 0.25) is 0 Å². The van der Waals surface area contributed by atoms with Crippen LogP contribution in [0.15, 0.2) is 41.3 Å². The number of likely N-dealkylation sites (tertiary alicyclic amines) is 1. The molecule has 1 aliphatic heterocycles. The number of nitriles is 1. The predicted molar refractivity (Wildman–Crippen MR) is 137 cm³/mol. The lowest BCUT2D eigenvalue weighted by atomic mass is 10.0. The Kier molecular flexibility index (Phi) is 11.1. The smallest absolute Gasteiger partial charge is 0.250 e. The second-order valence-electron chi connectivity index (χ2n) is 8.51. The molecule has 1 N–H and O–H groups in total. The predicted octanol–water partition coefficient (Wildman–Crippen LogP) is 3.29. The van der Waals surface area contributed by atoms with Crippen LogP contribution in [0.25, 0.3) is 16.8 Å². The molecule has 0 atom stereocenters. The summed E-state index contributed by atoms with van der Waals surface area (Å²) in [4.78, 5) is 2.15. The van der Waals surface area contributed by atoms with Crippen molar-refractivity contribution < 1.29 is 22.6 Å². The van der Waals surface area contributed by atoms with E-state index in [2.05, 4.69) is 27.8 Å². The van der Waals surface area contributed by atoms with Crippen molar-refractivity contribution in [1.82, 2.24) is 9.62 Å². The third-order valence-electron chi connectivity index (χ3n) is 5.82. The summed E-state index contributed by atoms with van der Waals surface area (Å²) >= 11 is 0. The van der Waals surface area contributed by atoms with Gasteiger partial charge in [-0.3, -0.25) is 4.90 Å².